The Kier molecular flexibility index (Phi) is 3.55. The molecule has 0 bridgehead atoms. The first-order chi connectivity index (χ1) is 9.28. The first kappa shape index (κ1) is 12.7. The van der Waals surface area contributed by atoms with E-state index in [0.29, 0.717) is 22.0 Å². The van der Waals surface area contributed by atoms with Gasteiger partial charge in [-0.3, -0.25) is 4.98 Å². The van der Waals surface area contributed by atoms with Crippen molar-refractivity contribution in [3.05, 3.63) is 46.6 Å². The number of rotatable bonds is 3. The van der Waals surface area contributed by atoms with E-state index in [1.54, 1.807) is 6.20 Å². The number of thiazole rings is 1. The lowest BCUT2D eigenvalue weighted by Crippen LogP contribution is -1.86. The fourth-order valence-corrected chi connectivity index (χ4v) is 3.03. The quantitative estimate of drug-likeness (QED) is 0.647. The average molecular weight is 311 g/mol. The Balaban J connectivity index is 2.00. The van der Waals surface area contributed by atoms with E-state index in [1.165, 1.54) is 11.3 Å². The molecule has 0 saturated heterocycles. The maximum absolute atomic E-state index is 5.95. The van der Waals surface area contributed by atoms with E-state index in [4.69, 9.17) is 27.9 Å². The molecular weight excluding hydrogens is 303 g/mol. The second-order valence-electron chi connectivity index (χ2n) is 3.76. The van der Waals surface area contributed by atoms with E-state index >= 15 is 0 Å². The van der Waals surface area contributed by atoms with Gasteiger partial charge in [0.15, 0.2) is 0 Å². The first-order valence-electron chi connectivity index (χ1n) is 5.50. The van der Waals surface area contributed by atoms with Crippen LogP contribution < -0.4 is 4.74 Å². The van der Waals surface area contributed by atoms with Crippen molar-refractivity contribution >= 4 is 45.4 Å². The maximum atomic E-state index is 5.95. The summed E-state index contributed by atoms with van der Waals surface area (Å²) < 4.78 is 5.78. The number of hydrogen-bond acceptors (Lipinski definition) is 4. The van der Waals surface area contributed by atoms with Gasteiger partial charge < -0.3 is 4.74 Å². The van der Waals surface area contributed by atoms with Crippen LogP contribution >= 0.6 is 34.5 Å². The fraction of sp³-hybridized carbons (Fsp3) is 0.0769. The highest BCUT2D eigenvalue weighted by molar-refractivity contribution is 7.14. The smallest absolute Gasteiger partial charge is 0.280 e. The normalized spacial score (nSPS) is 10.8. The Morgan fingerprint density at radius 3 is 2.89 bits per heavy atom. The molecule has 6 heteroatoms. The van der Waals surface area contributed by atoms with Crippen LogP contribution in [0.2, 0.25) is 5.15 Å². The minimum atomic E-state index is 0.330. The Morgan fingerprint density at radius 2 is 2.11 bits per heavy atom. The van der Waals surface area contributed by atoms with Gasteiger partial charge in [0.05, 0.1) is 16.3 Å². The van der Waals surface area contributed by atoms with Crippen LogP contribution in [0.3, 0.4) is 0 Å². The van der Waals surface area contributed by atoms with Gasteiger partial charge in [0.25, 0.3) is 5.19 Å². The number of hydrogen-bond donors (Lipinski definition) is 0. The molecule has 0 unspecified atom stereocenters. The van der Waals surface area contributed by atoms with Gasteiger partial charge in [-0.15, -0.1) is 11.6 Å². The van der Waals surface area contributed by atoms with Crippen molar-refractivity contribution in [2.45, 2.75) is 5.88 Å². The van der Waals surface area contributed by atoms with E-state index in [1.807, 2.05) is 30.3 Å². The summed E-state index contributed by atoms with van der Waals surface area (Å²) >= 11 is 13.1. The van der Waals surface area contributed by atoms with Crippen molar-refractivity contribution in [2.75, 3.05) is 0 Å². The summed E-state index contributed by atoms with van der Waals surface area (Å²) in [7, 11) is 0. The molecule has 19 heavy (non-hydrogen) atoms. The Bertz CT molecular complexity index is 724. The standard InChI is InChI=1S/C13H8Cl2N2OS/c14-7-11-12(15)17-13(19-11)18-10-5-1-4-9-8(10)3-2-6-16-9/h1-6H,7H2. The molecule has 96 valence electrons. The van der Waals surface area contributed by atoms with Gasteiger partial charge in [-0.1, -0.05) is 29.0 Å². The molecule has 0 aliphatic rings. The van der Waals surface area contributed by atoms with Crippen LogP contribution in [0.25, 0.3) is 10.9 Å². The second kappa shape index (κ2) is 5.33. The maximum Gasteiger partial charge on any atom is 0.280 e. The number of halogens is 2. The summed E-state index contributed by atoms with van der Waals surface area (Å²) in [6.45, 7) is 0. The highest BCUT2D eigenvalue weighted by Gasteiger charge is 2.11. The number of pyridine rings is 1. The van der Waals surface area contributed by atoms with Crippen molar-refractivity contribution < 1.29 is 4.74 Å². The SMILES string of the molecule is ClCc1sc(Oc2cccc3ncccc23)nc1Cl. The van der Waals surface area contributed by atoms with Crippen LogP contribution in [-0.2, 0) is 5.88 Å². The van der Waals surface area contributed by atoms with E-state index in [9.17, 15) is 0 Å². The third-order valence-corrected chi connectivity index (χ3v) is 4.34. The summed E-state index contributed by atoms with van der Waals surface area (Å²) in [6, 6.07) is 9.52. The number of alkyl halides is 1. The van der Waals surface area contributed by atoms with E-state index in [0.717, 1.165) is 15.8 Å². The minimum Gasteiger partial charge on any atom is -0.430 e. The first-order valence-corrected chi connectivity index (χ1v) is 7.23. The van der Waals surface area contributed by atoms with Gasteiger partial charge in [-0.05, 0) is 24.3 Å². The minimum absolute atomic E-state index is 0.330. The van der Waals surface area contributed by atoms with Gasteiger partial charge in [0.1, 0.15) is 10.9 Å². The van der Waals surface area contributed by atoms with Crippen molar-refractivity contribution in [1.29, 1.82) is 0 Å². The summed E-state index contributed by atoms with van der Waals surface area (Å²) in [6.07, 6.45) is 1.75. The number of aromatic nitrogens is 2. The summed E-state index contributed by atoms with van der Waals surface area (Å²) in [4.78, 5) is 9.22. The summed E-state index contributed by atoms with van der Waals surface area (Å²) in [5.41, 5.74) is 0.875. The summed E-state index contributed by atoms with van der Waals surface area (Å²) in [5.74, 6) is 1.04. The average Bonchev–Trinajstić information content (AvgIpc) is 2.79. The Hall–Kier alpha value is -1.36. The monoisotopic (exact) mass is 310 g/mol. The molecule has 3 aromatic rings. The zero-order valence-electron chi connectivity index (χ0n) is 9.64. The Labute approximate surface area is 123 Å². The highest BCUT2D eigenvalue weighted by atomic mass is 35.5. The molecule has 0 radical (unpaired) electrons. The van der Waals surface area contributed by atoms with Crippen molar-refractivity contribution in [1.82, 2.24) is 9.97 Å². The molecule has 0 atom stereocenters. The van der Waals surface area contributed by atoms with Crippen LogP contribution in [0, 0.1) is 0 Å². The molecule has 0 spiro atoms. The zero-order valence-corrected chi connectivity index (χ0v) is 12.0. The van der Waals surface area contributed by atoms with Crippen LogP contribution in [0.15, 0.2) is 36.5 Å². The number of benzene rings is 1. The van der Waals surface area contributed by atoms with E-state index in [2.05, 4.69) is 9.97 Å². The third-order valence-electron chi connectivity index (χ3n) is 2.55. The topological polar surface area (TPSA) is 35.0 Å². The largest absolute Gasteiger partial charge is 0.430 e. The number of nitrogens with zero attached hydrogens (tertiary/aromatic N) is 2. The van der Waals surface area contributed by atoms with Gasteiger partial charge >= 0.3 is 0 Å². The molecule has 3 nitrogen and oxygen atoms in total. The molecule has 1 aromatic carbocycles. The molecule has 0 N–H and O–H groups in total. The molecule has 2 aromatic heterocycles. The predicted octanol–water partition coefficient (Wildman–Crippen LogP) is 4.88. The molecular formula is C13H8Cl2N2OS. The molecule has 0 saturated carbocycles. The highest BCUT2D eigenvalue weighted by Crippen LogP contribution is 2.35. The van der Waals surface area contributed by atoms with Crippen molar-refractivity contribution in [3.63, 3.8) is 0 Å². The zero-order chi connectivity index (χ0) is 13.2. The number of ether oxygens (including phenoxy) is 1. The molecule has 0 fully saturated rings. The number of fused-ring (bicyclic) bond motifs is 1. The third kappa shape index (κ3) is 2.52. The van der Waals surface area contributed by atoms with Crippen LogP contribution in [0.1, 0.15) is 4.88 Å². The molecule has 0 aliphatic carbocycles. The van der Waals surface area contributed by atoms with Crippen molar-refractivity contribution in [2.24, 2.45) is 0 Å². The van der Waals surface area contributed by atoms with E-state index in [-0.39, 0.29) is 0 Å². The molecule has 0 amide bonds. The van der Waals surface area contributed by atoms with Crippen LogP contribution in [0.5, 0.6) is 10.9 Å². The fourth-order valence-electron chi connectivity index (χ4n) is 1.70. The van der Waals surface area contributed by atoms with Crippen LogP contribution in [-0.4, -0.2) is 9.97 Å². The molecule has 0 aliphatic heterocycles. The lowest BCUT2D eigenvalue weighted by molar-refractivity contribution is 0.484. The van der Waals surface area contributed by atoms with Crippen LogP contribution in [0.4, 0.5) is 0 Å². The lowest BCUT2D eigenvalue weighted by Gasteiger charge is -2.04. The van der Waals surface area contributed by atoms with Gasteiger partial charge in [-0.25, -0.2) is 0 Å². The van der Waals surface area contributed by atoms with E-state index < -0.39 is 0 Å². The Morgan fingerprint density at radius 1 is 1.21 bits per heavy atom. The predicted molar refractivity (Wildman–Crippen MR) is 78.5 cm³/mol. The summed E-state index contributed by atoms with van der Waals surface area (Å²) in [5, 5.41) is 1.81. The lowest BCUT2D eigenvalue weighted by atomic mass is 10.2. The molecule has 3 rings (SSSR count). The van der Waals surface area contributed by atoms with Gasteiger partial charge in [-0.2, -0.15) is 4.98 Å². The van der Waals surface area contributed by atoms with Crippen molar-refractivity contribution in [3.8, 4) is 10.9 Å². The molecule has 2 heterocycles. The van der Waals surface area contributed by atoms with Gasteiger partial charge in [0.2, 0.25) is 0 Å². The second-order valence-corrected chi connectivity index (χ2v) is 5.43. The van der Waals surface area contributed by atoms with Gasteiger partial charge in [0, 0.05) is 11.6 Å².